The fourth-order valence-corrected chi connectivity index (χ4v) is 0.874. The number of hydrogen-bond acceptors (Lipinski definition) is 4. The van der Waals surface area contributed by atoms with Crippen LogP contribution in [0, 0.1) is 0 Å². The van der Waals surface area contributed by atoms with Crippen LogP contribution in [-0.2, 0) is 4.79 Å². The maximum atomic E-state index is 10.5. The van der Waals surface area contributed by atoms with Crippen molar-refractivity contribution in [2.75, 3.05) is 6.26 Å². The summed E-state index contributed by atoms with van der Waals surface area (Å²) in [6.45, 7) is 0. The molecule has 0 fully saturated rings. The number of nitrogens with one attached hydrogen (secondary N) is 2. The Morgan fingerprint density at radius 3 is 3.11 bits per heavy atom. The zero-order valence-corrected chi connectivity index (χ0v) is 5.73. The highest BCUT2D eigenvalue weighted by Gasteiger charge is 2.10. The van der Waals surface area contributed by atoms with E-state index in [0.717, 1.165) is 0 Å². The molecule has 0 saturated heterocycles. The van der Waals surface area contributed by atoms with Crippen molar-refractivity contribution < 1.29 is 4.79 Å². The standard InChI is InChI=1S/C4H7N3OS/c1-9-4-6-3(8)2-5-7-4/h2,4,7H,1H3,(H,6,8). The third-order valence-electron chi connectivity index (χ3n) is 0.883. The number of carbonyl (C=O) groups is 1. The molecular weight excluding hydrogens is 138 g/mol. The first kappa shape index (κ1) is 6.41. The smallest absolute Gasteiger partial charge is 0.266 e. The fraction of sp³-hybridized carbons (Fsp3) is 0.500. The van der Waals surface area contributed by atoms with Gasteiger partial charge in [-0.1, -0.05) is 0 Å². The molecule has 0 saturated carbocycles. The molecule has 0 aromatic heterocycles. The average molecular weight is 145 g/mol. The first-order valence-corrected chi connectivity index (χ1v) is 3.73. The molecule has 0 bridgehead atoms. The maximum absolute atomic E-state index is 10.5. The van der Waals surface area contributed by atoms with Crippen molar-refractivity contribution >= 4 is 23.9 Å². The number of thioether (sulfide) groups is 1. The lowest BCUT2D eigenvalue weighted by Gasteiger charge is -2.17. The monoisotopic (exact) mass is 145 g/mol. The van der Waals surface area contributed by atoms with Gasteiger partial charge in [-0.25, -0.2) is 0 Å². The van der Waals surface area contributed by atoms with Crippen LogP contribution >= 0.6 is 11.8 Å². The van der Waals surface area contributed by atoms with Gasteiger partial charge in [0.05, 0.1) is 0 Å². The Labute approximate surface area is 57.1 Å². The first-order chi connectivity index (χ1) is 4.33. The van der Waals surface area contributed by atoms with Crippen LogP contribution in [0.15, 0.2) is 5.10 Å². The predicted molar refractivity (Wildman–Crippen MR) is 37.1 cm³/mol. The summed E-state index contributed by atoms with van der Waals surface area (Å²) < 4.78 is 0. The normalized spacial score (nSPS) is 25.0. The minimum Gasteiger partial charge on any atom is -0.321 e. The van der Waals surface area contributed by atoms with E-state index in [0.29, 0.717) is 0 Å². The van der Waals surface area contributed by atoms with E-state index >= 15 is 0 Å². The molecule has 50 valence electrons. The second-order valence-corrected chi connectivity index (χ2v) is 2.45. The number of nitrogens with zero attached hydrogens (tertiary/aromatic N) is 1. The third kappa shape index (κ3) is 1.60. The number of hydrogen-bond donors (Lipinski definition) is 2. The first-order valence-electron chi connectivity index (χ1n) is 2.45. The fourth-order valence-electron chi connectivity index (χ4n) is 0.474. The van der Waals surface area contributed by atoms with Gasteiger partial charge in [0.1, 0.15) is 6.21 Å². The molecule has 1 heterocycles. The molecule has 1 atom stereocenters. The van der Waals surface area contributed by atoms with Crippen LogP contribution in [0.5, 0.6) is 0 Å². The highest BCUT2D eigenvalue weighted by Crippen LogP contribution is 1.99. The molecular formula is C4H7N3OS. The summed E-state index contributed by atoms with van der Waals surface area (Å²) in [4.78, 5) is 10.5. The van der Waals surface area contributed by atoms with Gasteiger partial charge in [-0.2, -0.15) is 5.10 Å². The zero-order chi connectivity index (χ0) is 6.69. The SMILES string of the molecule is CSC1NN=CC(=O)N1. The molecule has 0 aromatic carbocycles. The van der Waals surface area contributed by atoms with Crippen LogP contribution < -0.4 is 10.7 Å². The van der Waals surface area contributed by atoms with Gasteiger partial charge in [-0.05, 0) is 6.26 Å². The van der Waals surface area contributed by atoms with Crippen LogP contribution in [0.25, 0.3) is 0 Å². The van der Waals surface area contributed by atoms with E-state index < -0.39 is 0 Å². The van der Waals surface area contributed by atoms with Crippen molar-refractivity contribution in [3.05, 3.63) is 0 Å². The summed E-state index contributed by atoms with van der Waals surface area (Å²) in [5.41, 5.74) is 2.63. The Kier molecular flexibility index (Phi) is 1.94. The van der Waals surface area contributed by atoms with Crippen LogP contribution in [0.2, 0.25) is 0 Å². The van der Waals surface area contributed by atoms with E-state index in [1.165, 1.54) is 18.0 Å². The molecule has 0 spiro atoms. The zero-order valence-electron chi connectivity index (χ0n) is 4.92. The van der Waals surface area contributed by atoms with E-state index in [-0.39, 0.29) is 11.4 Å². The van der Waals surface area contributed by atoms with Gasteiger partial charge in [0.15, 0.2) is 5.50 Å². The molecule has 0 aliphatic carbocycles. The Balaban J connectivity index is 2.47. The molecule has 2 N–H and O–H groups in total. The van der Waals surface area contributed by atoms with Gasteiger partial charge in [0.2, 0.25) is 0 Å². The van der Waals surface area contributed by atoms with Crippen molar-refractivity contribution in [3.8, 4) is 0 Å². The molecule has 1 rings (SSSR count). The van der Waals surface area contributed by atoms with Crippen molar-refractivity contribution in [1.29, 1.82) is 0 Å². The largest absolute Gasteiger partial charge is 0.321 e. The molecule has 4 nitrogen and oxygen atoms in total. The van der Waals surface area contributed by atoms with Gasteiger partial charge < -0.3 is 5.32 Å². The number of amides is 1. The van der Waals surface area contributed by atoms with Gasteiger partial charge in [0.25, 0.3) is 5.91 Å². The highest BCUT2D eigenvalue weighted by atomic mass is 32.2. The summed E-state index contributed by atoms with van der Waals surface area (Å²) in [6, 6.07) is 0. The van der Waals surface area contributed by atoms with Crippen molar-refractivity contribution in [1.82, 2.24) is 10.7 Å². The second kappa shape index (κ2) is 2.72. The summed E-state index contributed by atoms with van der Waals surface area (Å²) in [6.07, 6.45) is 3.10. The van der Waals surface area contributed by atoms with Crippen molar-refractivity contribution in [2.45, 2.75) is 5.50 Å². The second-order valence-electron chi connectivity index (χ2n) is 1.51. The molecule has 1 unspecified atom stereocenters. The van der Waals surface area contributed by atoms with Gasteiger partial charge in [-0.3, -0.25) is 10.2 Å². The molecule has 0 radical (unpaired) electrons. The minimum absolute atomic E-state index is 0.0671. The van der Waals surface area contributed by atoms with E-state index in [1.54, 1.807) is 0 Å². The summed E-state index contributed by atoms with van der Waals surface area (Å²) in [5.74, 6) is -0.145. The summed E-state index contributed by atoms with van der Waals surface area (Å²) in [5, 5.41) is 6.23. The molecule has 9 heavy (non-hydrogen) atoms. The number of rotatable bonds is 1. The molecule has 1 aliphatic rings. The van der Waals surface area contributed by atoms with Gasteiger partial charge in [0, 0.05) is 0 Å². The highest BCUT2D eigenvalue weighted by molar-refractivity contribution is 7.99. The quantitative estimate of drug-likeness (QED) is 0.515. The summed E-state index contributed by atoms with van der Waals surface area (Å²) >= 11 is 1.49. The van der Waals surface area contributed by atoms with Gasteiger partial charge in [-0.15, -0.1) is 11.8 Å². The van der Waals surface area contributed by atoms with Crippen molar-refractivity contribution in [2.24, 2.45) is 5.10 Å². The Bertz CT molecular complexity index is 147. The number of hydrazone groups is 1. The van der Waals surface area contributed by atoms with E-state index in [4.69, 9.17) is 0 Å². The Morgan fingerprint density at radius 2 is 2.67 bits per heavy atom. The van der Waals surface area contributed by atoms with E-state index in [1.807, 2.05) is 6.26 Å². The minimum atomic E-state index is -0.145. The van der Waals surface area contributed by atoms with E-state index in [9.17, 15) is 4.79 Å². The maximum Gasteiger partial charge on any atom is 0.266 e. The summed E-state index contributed by atoms with van der Waals surface area (Å²) in [7, 11) is 0. The lowest BCUT2D eigenvalue weighted by Crippen LogP contribution is -2.45. The Hall–Kier alpha value is -0.710. The van der Waals surface area contributed by atoms with Crippen LogP contribution in [0.3, 0.4) is 0 Å². The molecule has 0 aromatic rings. The number of carbonyl (C=O) groups excluding carboxylic acids is 1. The lowest BCUT2D eigenvalue weighted by atomic mass is 10.6. The van der Waals surface area contributed by atoms with Crippen LogP contribution in [0.4, 0.5) is 0 Å². The van der Waals surface area contributed by atoms with Crippen LogP contribution in [0.1, 0.15) is 0 Å². The van der Waals surface area contributed by atoms with Crippen LogP contribution in [-0.4, -0.2) is 23.9 Å². The average Bonchev–Trinajstić information content (AvgIpc) is 1.88. The predicted octanol–water partition coefficient (Wildman–Crippen LogP) is -0.662. The molecule has 1 amide bonds. The van der Waals surface area contributed by atoms with Crippen molar-refractivity contribution in [3.63, 3.8) is 0 Å². The molecule has 1 aliphatic heterocycles. The van der Waals surface area contributed by atoms with Gasteiger partial charge >= 0.3 is 0 Å². The topological polar surface area (TPSA) is 53.5 Å². The van der Waals surface area contributed by atoms with E-state index in [2.05, 4.69) is 15.8 Å². The third-order valence-corrected chi connectivity index (χ3v) is 1.58. The Morgan fingerprint density at radius 1 is 1.89 bits per heavy atom. The molecule has 5 heteroatoms. The lowest BCUT2D eigenvalue weighted by molar-refractivity contribution is -0.115.